The summed E-state index contributed by atoms with van der Waals surface area (Å²) in [4.78, 5) is 7.39. The third-order valence-electron chi connectivity index (χ3n) is 3.78. The summed E-state index contributed by atoms with van der Waals surface area (Å²) in [5, 5.41) is 4.26. The van der Waals surface area contributed by atoms with Crippen LogP contribution in [0.25, 0.3) is 5.52 Å². The normalized spacial score (nSPS) is 24.3. The van der Waals surface area contributed by atoms with Crippen LogP contribution in [0.3, 0.4) is 0 Å². The minimum atomic E-state index is 0.521. The van der Waals surface area contributed by atoms with Gasteiger partial charge >= 0.3 is 0 Å². The molecule has 0 bridgehead atoms. The van der Waals surface area contributed by atoms with Crippen LogP contribution < -0.4 is 4.90 Å². The molecule has 96 valence electrons. The average Bonchev–Trinajstić information content (AvgIpc) is 2.86. The van der Waals surface area contributed by atoms with Gasteiger partial charge in [-0.2, -0.15) is 5.10 Å². The zero-order valence-electron chi connectivity index (χ0n) is 10.5. The van der Waals surface area contributed by atoms with Crippen LogP contribution in [-0.4, -0.2) is 32.5 Å². The van der Waals surface area contributed by atoms with Crippen molar-refractivity contribution in [2.24, 2.45) is 0 Å². The highest BCUT2D eigenvalue weighted by molar-refractivity contribution is 9.09. The molecule has 0 amide bonds. The number of alkyl halides is 1. The van der Waals surface area contributed by atoms with Crippen molar-refractivity contribution in [3.05, 3.63) is 24.7 Å². The van der Waals surface area contributed by atoms with E-state index in [9.17, 15) is 0 Å². The van der Waals surface area contributed by atoms with Gasteiger partial charge in [-0.15, -0.1) is 0 Å². The van der Waals surface area contributed by atoms with E-state index in [1.807, 2.05) is 29.2 Å². The third-order valence-corrected chi connectivity index (χ3v) is 4.85. The summed E-state index contributed by atoms with van der Waals surface area (Å²) < 4.78 is 1.88. The average molecular weight is 309 g/mol. The molecule has 4 nitrogen and oxygen atoms in total. The van der Waals surface area contributed by atoms with E-state index in [0.717, 1.165) is 11.3 Å². The molecule has 1 aliphatic rings. The van der Waals surface area contributed by atoms with Gasteiger partial charge in [0.2, 0.25) is 0 Å². The Labute approximate surface area is 115 Å². The topological polar surface area (TPSA) is 33.4 Å². The molecule has 3 rings (SSSR count). The fourth-order valence-corrected chi connectivity index (χ4v) is 3.72. The molecule has 0 aromatic carbocycles. The van der Waals surface area contributed by atoms with E-state index in [1.54, 1.807) is 0 Å². The Morgan fingerprint density at radius 2 is 2.17 bits per heavy atom. The van der Waals surface area contributed by atoms with Crippen molar-refractivity contribution in [3.63, 3.8) is 0 Å². The lowest BCUT2D eigenvalue weighted by Crippen LogP contribution is -2.41. The van der Waals surface area contributed by atoms with Crippen LogP contribution in [0.1, 0.15) is 25.7 Å². The van der Waals surface area contributed by atoms with Crippen LogP contribution in [0, 0.1) is 0 Å². The second kappa shape index (κ2) is 4.88. The zero-order valence-corrected chi connectivity index (χ0v) is 12.0. The van der Waals surface area contributed by atoms with Crippen LogP contribution in [-0.2, 0) is 0 Å². The van der Waals surface area contributed by atoms with E-state index in [2.05, 4.69) is 38.0 Å². The molecular formula is C13H17BrN4. The number of aromatic nitrogens is 3. The Balaban J connectivity index is 1.95. The van der Waals surface area contributed by atoms with Crippen molar-refractivity contribution < 1.29 is 0 Å². The molecule has 0 aliphatic heterocycles. The third kappa shape index (κ3) is 2.00. The maximum atomic E-state index is 4.53. The summed E-state index contributed by atoms with van der Waals surface area (Å²) in [6, 6.07) is 2.54. The second-order valence-corrected chi connectivity index (χ2v) is 6.07. The number of rotatable bonds is 2. The van der Waals surface area contributed by atoms with E-state index in [-0.39, 0.29) is 0 Å². The molecule has 0 spiro atoms. The molecule has 0 saturated heterocycles. The summed E-state index contributed by atoms with van der Waals surface area (Å²) in [6.45, 7) is 0. The van der Waals surface area contributed by atoms with Gasteiger partial charge in [-0.25, -0.2) is 9.50 Å². The summed E-state index contributed by atoms with van der Waals surface area (Å²) in [5.41, 5.74) is 1.07. The first-order valence-electron chi connectivity index (χ1n) is 6.42. The SMILES string of the molecule is CN(c1nccn2nccc12)C1CCCCC1Br. The molecule has 1 saturated carbocycles. The van der Waals surface area contributed by atoms with Crippen LogP contribution >= 0.6 is 15.9 Å². The Bertz CT molecular complexity index is 539. The largest absolute Gasteiger partial charge is 0.354 e. The van der Waals surface area contributed by atoms with Gasteiger partial charge in [0, 0.05) is 30.3 Å². The van der Waals surface area contributed by atoms with E-state index in [4.69, 9.17) is 0 Å². The predicted molar refractivity (Wildman–Crippen MR) is 76.4 cm³/mol. The molecule has 18 heavy (non-hydrogen) atoms. The van der Waals surface area contributed by atoms with Crippen LogP contribution in [0.2, 0.25) is 0 Å². The van der Waals surface area contributed by atoms with Crippen molar-refractivity contribution in [2.75, 3.05) is 11.9 Å². The van der Waals surface area contributed by atoms with Crippen molar-refractivity contribution in [1.29, 1.82) is 0 Å². The molecule has 2 atom stereocenters. The molecular weight excluding hydrogens is 292 g/mol. The fourth-order valence-electron chi connectivity index (χ4n) is 2.77. The zero-order chi connectivity index (χ0) is 12.5. The van der Waals surface area contributed by atoms with Crippen LogP contribution in [0.15, 0.2) is 24.7 Å². The molecule has 5 heteroatoms. The minimum absolute atomic E-state index is 0.521. The van der Waals surface area contributed by atoms with Crippen LogP contribution in [0.4, 0.5) is 5.82 Å². The summed E-state index contributed by atoms with van der Waals surface area (Å²) in [5.74, 6) is 1.02. The lowest BCUT2D eigenvalue weighted by Gasteiger charge is -2.36. The number of halogens is 1. The Hall–Kier alpha value is -1.10. The summed E-state index contributed by atoms with van der Waals surface area (Å²) in [7, 11) is 2.14. The number of anilines is 1. The van der Waals surface area contributed by atoms with Gasteiger partial charge in [0.1, 0.15) is 5.52 Å². The Morgan fingerprint density at radius 1 is 1.33 bits per heavy atom. The van der Waals surface area contributed by atoms with Gasteiger partial charge in [-0.1, -0.05) is 28.8 Å². The lowest BCUT2D eigenvalue weighted by atomic mass is 9.94. The lowest BCUT2D eigenvalue weighted by molar-refractivity contribution is 0.442. The van der Waals surface area contributed by atoms with Crippen molar-refractivity contribution >= 4 is 27.3 Å². The maximum Gasteiger partial charge on any atom is 0.154 e. The Morgan fingerprint density at radius 3 is 3.00 bits per heavy atom. The molecule has 1 fully saturated rings. The highest BCUT2D eigenvalue weighted by atomic mass is 79.9. The van der Waals surface area contributed by atoms with Gasteiger partial charge in [0.05, 0.1) is 6.20 Å². The monoisotopic (exact) mass is 308 g/mol. The van der Waals surface area contributed by atoms with Crippen LogP contribution in [0.5, 0.6) is 0 Å². The summed E-state index contributed by atoms with van der Waals surface area (Å²) >= 11 is 3.82. The standard InChI is InChI=1S/C13H17BrN4/c1-17(11-5-3-2-4-10(11)14)13-12-6-7-16-18(12)9-8-15-13/h6-11H,2-5H2,1H3. The molecule has 2 heterocycles. The molecule has 0 radical (unpaired) electrons. The van der Waals surface area contributed by atoms with Gasteiger partial charge in [-0.05, 0) is 18.9 Å². The first-order chi connectivity index (χ1) is 8.77. The van der Waals surface area contributed by atoms with Gasteiger partial charge < -0.3 is 4.90 Å². The molecule has 2 aromatic heterocycles. The molecule has 2 aromatic rings. The highest BCUT2D eigenvalue weighted by Gasteiger charge is 2.27. The van der Waals surface area contributed by atoms with E-state index in [0.29, 0.717) is 10.9 Å². The van der Waals surface area contributed by atoms with E-state index in [1.165, 1.54) is 25.7 Å². The second-order valence-electron chi connectivity index (χ2n) is 4.89. The number of fused-ring (bicyclic) bond motifs is 1. The first-order valence-corrected chi connectivity index (χ1v) is 7.34. The smallest absolute Gasteiger partial charge is 0.154 e. The Kier molecular flexibility index (Phi) is 3.24. The highest BCUT2D eigenvalue weighted by Crippen LogP contribution is 2.31. The van der Waals surface area contributed by atoms with Crippen molar-refractivity contribution in [3.8, 4) is 0 Å². The predicted octanol–water partition coefficient (Wildman–Crippen LogP) is 2.87. The maximum absolute atomic E-state index is 4.53. The van der Waals surface area contributed by atoms with Gasteiger partial charge in [0.25, 0.3) is 0 Å². The quantitative estimate of drug-likeness (QED) is 0.800. The number of hydrogen-bond acceptors (Lipinski definition) is 3. The molecule has 1 aliphatic carbocycles. The van der Waals surface area contributed by atoms with Crippen molar-refractivity contribution in [1.82, 2.24) is 14.6 Å². The van der Waals surface area contributed by atoms with Gasteiger partial charge in [0.15, 0.2) is 5.82 Å². The van der Waals surface area contributed by atoms with E-state index >= 15 is 0 Å². The van der Waals surface area contributed by atoms with E-state index < -0.39 is 0 Å². The molecule has 0 N–H and O–H groups in total. The summed E-state index contributed by atoms with van der Waals surface area (Å²) in [6.07, 6.45) is 10.6. The molecule has 2 unspecified atom stereocenters. The number of hydrogen-bond donors (Lipinski definition) is 0. The number of nitrogens with zero attached hydrogens (tertiary/aromatic N) is 4. The van der Waals surface area contributed by atoms with Crippen molar-refractivity contribution in [2.45, 2.75) is 36.6 Å². The van der Waals surface area contributed by atoms with Gasteiger partial charge in [-0.3, -0.25) is 0 Å². The minimum Gasteiger partial charge on any atom is -0.354 e. The fraction of sp³-hybridized carbons (Fsp3) is 0.538. The first kappa shape index (κ1) is 12.0.